The third-order valence-corrected chi connectivity index (χ3v) is 5.12. The molecule has 0 unspecified atom stereocenters. The van der Waals surface area contributed by atoms with Gasteiger partial charge in [0.1, 0.15) is 5.75 Å². The number of carbonyl (C=O) groups excluding carboxylic acids is 1. The van der Waals surface area contributed by atoms with Crippen molar-refractivity contribution in [2.24, 2.45) is 0 Å². The maximum atomic E-state index is 11.9. The van der Waals surface area contributed by atoms with Crippen molar-refractivity contribution in [1.29, 1.82) is 0 Å². The monoisotopic (exact) mass is 338 g/mol. The second-order valence-electron chi connectivity index (χ2n) is 5.55. The van der Waals surface area contributed by atoms with E-state index in [2.05, 4.69) is 5.32 Å². The Morgan fingerprint density at radius 2 is 1.87 bits per heavy atom. The van der Waals surface area contributed by atoms with Crippen LogP contribution in [0.1, 0.15) is 18.4 Å². The van der Waals surface area contributed by atoms with Crippen molar-refractivity contribution >= 4 is 22.0 Å². The lowest BCUT2D eigenvalue weighted by molar-refractivity contribution is -0.117. The van der Waals surface area contributed by atoms with Gasteiger partial charge >= 0.3 is 0 Å². The van der Waals surface area contributed by atoms with Gasteiger partial charge in [-0.2, -0.15) is 0 Å². The quantitative estimate of drug-likeness (QED) is 0.820. The Hall–Kier alpha value is -1.86. The third-order valence-electron chi connectivity index (χ3n) is 3.81. The van der Waals surface area contributed by atoms with E-state index in [4.69, 9.17) is 4.74 Å². The molecule has 1 N–H and O–H groups in total. The van der Waals surface area contributed by atoms with Crippen LogP contribution >= 0.6 is 0 Å². The Balaban J connectivity index is 1.82. The second kappa shape index (κ2) is 7.61. The summed E-state index contributed by atoms with van der Waals surface area (Å²) in [6.07, 6.45) is 5.71. The van der Waals surface area contributed by atoms with Gasteiger partial charge in [-0.3, -0.25) is 4.79 Å². The van der Waals surface area contributed by atoms with E-state index in [0.717, 1.165) is 11.3 Å². The van der Waals surface area contributed by atoms with Gasteiger partial charge in [0.2, 0.25) is 15.9 Å². The molecule has 0 aliphatic carbocycles. The van der Waals surface area contributed by atoms with Gasteiger partial charge in [0.25, 0.3) is 0 Å². The smallest absolute Gasteiger partial charge is 0.244 e. The molecule has 0 saturated carbocycles. The molecule has 0 atom stereocenters. The molecule has 1 aromatic carbocycles. The average Bonchev–Trinajstić information content (AvgIpc) is 2.53. The van der Waals surface area contributed by atoms with Crippen LogP contribution in [0.5, 0.6) is 5.75 Å². The van der Waals surface area contributed by atoms with E-state index in [1.807, 2.05) is 24.3 Å². The molecule has 1 fully saturated rings. The summed E-state index contributed by atoms with van der Waals surface area (Å²) in [6.45, 7) is 0.901. The highest BCUT2D eigenvalue weighted by molar-refractivity contribution is 7.88. The molecule has 0 bridgehead atoms. The van der Waals surface area contributed by atoms with Crippen LogP contribution in [-0.2, 0) is 14.8 Å². The fourth-order valence-corrected chi connectivity index (χ4v) is 3.34. The van der Waals surface area contributed by atoms with Crippen molar-refractivity contribution in [3.05, 3.63) is 35.9 Å². The largest absolute Gasteiger partial charge is 0.497 e. The SMILES string of the molecule is COc1ccc(/C=C/C(=O)NC2CCN(S(C)(=O)=O)CC2)cc1. The Bertz CT molecular complexity index is 660. The van der Waals surface area contributed by atoms with Crippen LogP contribution in [0.4, 0.5) is 0 Å². The van der Waals surface area contributed by atoms with E-state index < -0.39 is 10.0 Å². The number of nitrogens with one attached hydrogen (secondary N) is 1. The summed E-state index contributed by atoms with van der Waals surface area (Å²) in [5.41, 5.74) is 0.910. The van der Waals surface area contributed by atoms with Gasteiger partial charge in [-0.15, -0.1) is 0 Å². The first-order chi connectivity index (χ1) is 10.9. The summed E-state index contributed by atoms with van der Waals surface area (Å²) in [7, 11) is -1.53. The predicted octanol–water partition coefficient (Wildman–Crippen LogP) is 1.25. The molecular weight excluding hydrogens is 316 g/mol. The molecule has 1 aromatic rings. The van der Waals surface area contributed by atoms with Gasteiger partial charge in [-0.25, -0.2) is 12.7 Å². The molecule has 0 spiro atoms. The fourth-order valence-electron chi connectivity index (χ4n) is 2.47. The number of sulfonamides is 1. The molecule has 2 rings (SSSR count). The lowest BCUT2D eigenvalue weighted by Gasteiger charge is -2.30. The molecular formula is C16H22N2O4S. The van der Waals surface area contributed by atoms with Crippen molar-refractivity contribution in [1.82, 2.24) is 9.62 Å². The number of methoxy groups -OCH3 is 1. The van der Waals surface area contributed by atoms with Crippen LogP contribution in [0, 0.1) is 0 Å². The molecule has 7 heteroatoms. The van der Waals surface area contributed by atoms with Crippen LogP contribution in [0.15, 0.2) is 30.3 Å². The van der Waals surface area contributed by atoms with Gasteiger partial charge in [0.05, 0.1) is 13.4 Å². The number of piperidine rings is 1. The fraction of sp³-hybridized carbons (Fsp3) is 0.438. The number of hydrogen-bond donors (Lipinski definition) is 1. The minimum absolute atomic E-state index is 0.0148. The summed E-state index contributed by atoms with van der Waals surface area (Å²) in [4.78, 5) is 11.9. The number of ether oxygens (including phenoxy) is 1. The van der Waals surface area contributed by atoms with Crippen LogP contribution in [0.3, 0.4) is 0 Å². The maximum Gasteiger partial charge on any atom is 0.244 e. The summed E-state index contributed by atoms with van der Waals surface area (Å²) < 4.78 is 29.4. The van der Waals surface area contributed by atoms with Gasteiger partial charge in [-0.1, -0.05) is 12.1 Å². The summed E-state index contributed by atoms with van der Waals surface area (Å²) >= 11 is 0. The van der Waals surface area contributed by atoms with Gasteiger partial charge < -0.3 is 10.1 Å². The van der Waals surface area contributed by atoms with Crippen molar-refractivity contribution in [3.8, 4) is 5.75 Å². The topological polar surface area (TPSA) is 75.7 Å². The first-order valence-electron chi connectivity index (χ1n) is 7.46. The predicted molar refractivity (Wildman–Crippen MR) is 89.6 cm³/mol. The van der Waals surface area contributed by atoms with E-state index in [9.17, 15) is 13.2 Å². The van der Waals surface area contributed by atoms with Crippen molar-refractivity contribution in [3.63, 3.8) is 0 Å². The zero-order chi connectivity index (χ0) is 16.9. The highest BCUT2D eigenvalue weighted by atomic mass is 32.2. The first-order valence-corrected chi connectivity index (χ1v) is 9.31. The molecule has 6 nitrogen and oxygen atoms in total. The molecule has 1 heterocycles. The zero-order valence-electron chi connectivity index (χ0n) is 13.4. The lowest BCUT2D eigenvalue weighted by atomic mass is 10.1. The van der Waals surface area contributed by atoms with Crippen LogP contribution in [0.25, 0.3) is 6.08 Å². The van der Waals surface area contributed by atoms with Gasteiger partial charge in [0, 0.05) is 25.2 Å². The summed E-state index contributed by atoms with van der Waals surface area (Å²) in [5.74, 6) is 0.600. The summed E-state index contributed by atoms with van der Waals surface area (Å²) in [5, 5.41) is 2.91. The Labute approximate surface area is 137 Å². The number of hydrogen-bond acceptors (Lipinski definition) is 4. The Morgan fingerprint density at radius 1 is 1.26 bits per heavy atom. The van der Waals surface area contributed by atoms with Crippen molar-refractivity contribution in [2.45, 2.75) is 18.9 Å². The number of nitrogens with zero attached hydrogens (tertiary/aromatic N) is 1. The molecule has 1 aliphatic heterocycles. The van der Waals surface area contributed by atoms with Crippen molar-refractivity contribution < 1.29 is 17.9 Å². The molecule has 0 radical (unpaired) electrons. The standard InChI is InChI=1S/C16H22N2O4S/c1-22-15-6-3-13(4-7-15)5-8-16(19)17-14-9-11-18(12-10-14)23(2,20)21/h3-8,14H,9-12H2,1-2H3,(H,17,19)/b8-5+. The second-order valence-corrected chi connectivity index (χ2v) is 7.53. The van der Waals surface area contributed by atoms with E-state index in [1.165, 1.54) is 16.6 Å². The van der Waals surface area contributed by atoms with Gasteiger partial charge in [-0.05, 0) is 36.6 Å². The zero-order valence-corrected chi connectivity index (χ0v) is 14.2. The van der Waals surface area contributed by atoms with E-state index in [0.29, 0.717) is 25.9 Å². The normalized spacial score (nSPS) is 17.3. The van der Waals surface area contributed by atoms with Crippen LogP contribution < -0.4 is 10.1 Å². The average molecular weight is 338 g/mol. The molecule has 0 aromatic heterocycles. The highest BCUT2D eigenvalue weighted by Gasteiger charge is 2.25. The molecule has 23 heavy (non-hydrogen) atoms. The number of amides is 1. The number of benzene rings is 1. The van der Waals surface area contributed by atoms with E-state index in [1.54, 1.807) is 13.2 Å². The first kappa shape index (κ1) is 17.5. The van der Waals surface area contributed by atoms with E-state index in [-0.39, 0.29) is 11.9 Å². The lowest BCUT2D eigenvalue weighted by Crippen LogP contribution is -2.45. The van der Waals surface area contributed by atoms with Gasteiger partial charge in [0.15, 0.2) is 0 Å². The Kier molecular flexibility index (Phi) is 5.79. The minimum atomic E-state index is -3.13. The molecule has 1 saturated heterocycles. The molecule has 1 aliphatic rings. The third kappa shape index (κ3) is 5.37. The number of carbonyl (C=O) groups is 1. The van der Waals surface area contributed by atoms with Crippen molar-refractivity contribution in [2.75, 3.05) is 26.5 Å². The van der Waals surface area contributed by atoms with Crippen LogP contribution in [0.2, 0.25) is 0 Å². The highest BCUT2D eigenvalue weighted by Crippen LogP contribution is 2.14. The number of rotatable bonds is 5. The maximum absolute atomic E-state index is 11.9. The minimum Gasteiger partial charge on any atom is -0.497 e. The molecule has 126 valence electrons. The van der Waals surface area contributed by atoms with Crippen LogP contribution in [-0.4, -0.2) is 51.1 Å². The Morgan fingerprint density at radius 3 is 2.39 bits per heavy atom. The molecule has 1 amide bonds. The summed E-state index contributed by atoms with van der Waals surface area (Å²) in [6, 6.07) is 7.42. The van der Waals surface area contributed by atoms with E-state index >= 15 is 0 Å².